The summed E-state index contributed by atoms with van der Waals surface area (Å²) < 4.78 is 0. The number of non-ortho nitro benzene ring substituents is 1. The summed E-state index contributed by atoms with van der Waals surface area (Å²) in [6, 6.07) is 10.5. The molecule has 0 atom stereocenters. The van der Waals surface area contributed by atoms with Gasteiger partial charge in [-0.3, -0.25) is 14.9 Å². The van der Waals surface area contributed by atoms with E-state index in [0.29, 0.717) is 21.2 Å². The first-order valence-corrected chi connectivity index (χ1v) is 6.44. The first-order chi connectivity index (χ1) is 9.47. The fourth-order valence-corrected chi connectivity index (χ4v) is 1.99. The monoisotopic (exact) mass is 309 g/mol. The number of nitrogens with zero attached hydrogens (tertiary/aromatic N) is 1. The lowest BCUT2D eigenvalue weighted by Crippen LogP contribution is -2.03. The van der Waals surface area contributed by atoms with Crippen molar-refractivity contribution in [3.05, 3.63) is 73.8 Å². The molecule has 0 fully saturated rings. The van der Waals surface area contributed by atoms with Crippen LogP contribution >= 0.6 is 23.2 Å². The summed E-state index contributed by atoms with van der Waals surface area (Å²) >= 11 is 11.6. The second-order valence-corrected chi connectivity index (χ2v) is 4.97. The number of carbonyl (C=O) groups is 1. The third kappa shape index (κ3) is 3.35. The summed E-state index contributed by atoms with van der Waals surface area (Å²) in [5, 5.41) is 11.2. The van der Waals surface area contributed by atoms with Gasteiger partial charge in [-0.05, 0) is 23.8 Å². The minimum atomic E-state index is -0.482. The molecule has 2 aromatic rings. The first-order valence-electron chi connectivity index (χ1n) is 5.69. The number of ketones is 1. The molecule has 102 valence electrons. The van der Waals surface area contributed by atoms with Crippen LogP contribution < -0.4 is 0 Å². The van der Waals surface area contributed by atoms with Crippen molar-refractivity contribution in [1.82, 2.24) is 0 Å². The molecule has 2 aromatic carbocycles. The van der Waals surface area contributed by atoms with Crippen LogP contribution in [0.5, 0.6) is 0 Å². The zero-order valence-corrected chi connectivity index (χ0v) is 11.7. The Labute approximate surface area is 125 Å². The van der Waals surface area contributed by atoms with Crippen molar-refractivity contribution < 1.29 is 9.72 Å². The molecule has 0 aliphatic carbocycles. The van der Waals surface area contributed by atoms with Gasteiger partial charge >= 0.3 is 0 Å². The van der Waals surface area contributed by atoms with E-state index in [0.717, 1.165) is 0 Å². The van der Waals surface area contributed by atoms with E-state index in [1.807, 2.05) is 0 Å². The fraction of sp³-hybridized carbons (Fsp3) is 0.0714. The van der Waals surface area contributed by atoms with E-state index in [1.54, 1.807) is 24.3 Å². The molecule has 20 heavy (non-hydrogen) atoms. The summed E-state index contributed by atoms with van der Waals surface area (Å²) in [5.74, 6) is -0.127. The maximum Gasteiger partial charge on any atom is 0.269 e. The van der Waals surface area contributed by atoms with Gasteiger partial charge in [0.2, 0.25) is 0 Å². The van der Waals surface area contributed by atoms with Crippen molar-refractivity contribution in [2.24, 2.45) is 0 Å². The van der Waals surface area contributed by atoms with Gasteiger partial charge in [-0.1, -0.05) is 35.3 Å². The lowest BCUT2D eigenvalue weighted by atomic mass is 10.0. The number of nitro groups is 1. The molecular formula is C14H9Cl2NO3. The average Bonchev–Trinajstić information content (AvgIpc) is 2.42. The third-order valence-corrected chi connectivity index (χ3v) is 3.49. The molecule has 0 spiro atoms. The Morgan fingerprint density at radius 2 is 1.70 bits per heavy atom. The number of carbonyl (C=O) groups excluding carboxylic acids is 1. The van der Waals surface area contributed by atoms with Crippen LogP contribution in [-0.2, 0) is 6.42 Å². The summed E-state index contributed by atoms with van der Waals surface area (Å²) in [4.78, 5) is 22.1. The fourth-order valence-electron chi connectivity index (χ4n) is 1.69. The first kappa shape index (κ1) is 14.5. The zero-order valence-electron chi connectivity index (χ0n) is 10.2. The molecule has 0 aromatic heterocycles. The predicted molar refractivity (Wildman–Crippen MR) is 77.6 cm³/mol. The minimum absolute atomic E-state index is 0.00395. The standard InChI is InChI=1S/C14H9Cl2NO3/c15-12-6-3-10(8-13(12)16)14(18)7-9-1-4-11(5-2-9)17(19)20/h1-6,8H,7H2. The van der Waals surface area contributed by atoms with E-state index in [4.69, 9.17) is 23.2 Å². The number of hydrogen-bond donors (Lipinski definition) is 0. The highest BCUT2D eigenvalue weighted by Gasteiger charge is 2.10. The number of hydrogen-bond acceptors (Lipinski definition) is 3. The number of Topliss-reactive ketones (excluding diaryl/α,β-unsaturated/α-hetero) is 1. The van der Waals surface area contributed by atoms with Crippen LogP contribution in [0.15, 0.2) is 42.5 Å². The van der Waals surface area contributed by atoms with Gasteiger partial charge in [0.25, 0.3) is 5.69 Å². The van der Waals surface area contributed by atoms with Crippen LogP contribution in [0.2, 0.25) is 10.0 Å². The van der Waals surface area contributed by atoms with Crippen LogP contribution in [-0.4, -0.2) is 10.7 Å². The van der Waals surface area contributed by atoms with Gasteiger partial charge < -0.3 is 0 Å². The van der Waals surface area contributed by atoms with Crippen molar-refractivity contribution in [2.45, 2.75) is 6.42 Å². The molecule has 0 amide bonds. The lowest BCUT2D eigenvalue weighted by molar-refractivity contribution is -0.384. The van der Waals surface area contributed by atoms with Gasteiger partial charge in [-0.25, -0.2) is 0 Å². The second-order valence-electron chi connectivity index (χ2n) is 4.15. The van der Waals surface area contributed by atoms with Crippen molar-refractivity contribution >= 4 is 34.7 Å². The average molecular weight is 310 g/mol. The van der Waals surface area contributed by atoms with E-state index in [2.05, 4.69) is 0 Å². The largest absolute Gasteiger partial charge is 0.294 e. The van der Waals surface area contributed by atoms with Gasteiger partial charge in [0, 0.05) is 24.1 Å². The van der Waals surface area contributed by atoms with Crippen molar-refractivity contribution in [2.75, 3.05) is 0 Å². The normalized spacial score (nSPS) is 10.3. The van der Waals surface area contributed by atoms with Crippen LogP contribution in [0.3, 0.4) is 0 Å². The molecule has 0 radical (unpaired) electrons. The smallest absolute Gasteiger partial charge is 0.269 e. The van der Waals surface area contributed by atoms with Crippen LogP contribution in [0.25, 0.3) is 0 Å². The molecule has 6 heteroatoms. The van der Waals surface area contributed by atoms with Gasteiger partial charge in [0.15, 0.2) is 5.78 Å². The van der Waals surface area contributed by atoms with E-state index in [1.165, 1.54) is 18.2 Å². The Morgan fingerprint density at radius 3 is 2.25 bits per heavy atom. The maximum absolute atomic E-state index is 12.1. The molecule has 0 unspecified atom stereocenters. The van der Waals surface area contributed by atoms with Crippen LogP contribution in [0, 0.1) is 10.1 Å². The molecule has 2 rings (SSSR count). The van der Waals surface area contributed by atoms with E-state index in [9.17, 15) is 14.9 Å². The topological polar surface area (TPSA) is 60.2 Å². The summed E-state index contributed by atoms with van der Waals surface area (Å²) in [7, 11) is 0. The van der Waals surface area contributed by atoms with Gasteiger partial charge in [-0.2, -0.15) is 0 Å². The number of halogens is 2. The summed E-state index contributed by atoms with van der Waals surface area (Å²) in [5.41, 5.74) is 1.15. The van der Waals surface area contributed by atoms with Crippen molar-refractivity contribution in [3.63, 3.8) is 0 Å². The van der Waals surface area contributed by atoms with Crippen molar-refractivity contribution in [3.8, 4) is 0 Å². The second kappa shape index (κ2) is 6.03. The lowest BCUT2D eigenvalue weighted by Gasteiger charge is -2.03. The van der Waals surface area contributed by atoms with Crippen LogP contribution in [0.1, 0.15) is 15.9 Å². The molecular weight excluding hydrogens is 301 g/mol. The number of benzene rings is 2. The number of rotatable bonds is 4. The van der Waals surface area contributed by atoms with Crippen molar-refractivity contribution in [1.29, 1.82) is 0 Å². The number of nitro benzene ring substituents is 1. The van der Waals surface area contributed by atoms with Gasteiger partial charge in [0.1, 0.15) is 0 Å². The Balaban J connectivity index is 2.14. The molecule has 0 bridgehead atoms. The predicted octanol–water partition coefficient (Wildman–Crippen LogP) is 4.33. The molecule has 0 saturated carbocycles. The maximum atomic E-state index is 12.1. The SMILES string of the molecule is O=C(Cc1ccc([N+](=O)[O-])cc1)c1ccc(Cl)c(Cl)c1. The molecule has 0 aliphatic rings. The molecule has 0 N–H and O–H groups in total. The van der Waals surface area contributed by atoms with Gasteiger partial charge in [0.05, 0.1) is 15.0 Å². The van der Waals surface area contributed by atoms with E-state index in [-0.39, 0.29) is 17.9 Å². The summed E-state index contributed by atoms with van der Waals surface area (Å²) in [6.07, 6.45) is 0.149. The Morgan fingerprint density at radius 1 is 1.05 bits per heavy atom. The minimum Gasteiger partial charge on any atom is -0.294 e. The van der Waals surface area contributed by atoms with E-state index < -0.39 is 4.92 Å². The quantitative estimate of drug-likeness (QED) is 0.480. The highest BCUT2D eigenvalue weighted by molar-refractivity contribution is 6.42. The highest BCUT2D eigenvalue weighted by atomic mass is 35.5. The molecule has 0 heterocycles. The Kier molecular flexibility index (Phi) is 4.37. The summed E-state index contributed by atoms with van der Waals surface area (Å²) in [6.45, 7) is 0. The zero-order chi connectivity index (χ0) is 14.7. The highest BCUT2D eigenvalue weighted by Crippen LogP contribution is 2.23. The van der Waals surface area contributed by atoms with Crippen LogP contribution in [0.4, 0.5) is 5.69 Å². The Hall–Kier alpha value is -1.91. The third-order valence-electron chi connectivity index (χ3n) is 2.75. The van der Waals surface area contributed by atoms with Gasteiger partial charge in [-0.15, -0.1) is 0 Å². The van der Waals surface area contributed by atoms with E-state index >= 15 is 0 Å². The Bertz CT molecular complexity index is 669. The molecule has 4 nitrogen and oxygen atoms in total. The molecule has 0 aliphatic heterocycles. The molecule has 0 saturated heterocycles.